The Morgan fingerprint density at radius 2 is 1.78 bits per heavy atom. The van der Waals surface area contributed by atoms with E-state index in [-0.39, 0.29) is 0 Å². The highest BCUT2D eigenvalue weighted by Crippen LogP contribution is 2.31. The topological polar surface area (TPSA) is 39.7 Å². The number of hydrogen-bond donors (Lipinski definition) is 1. The minimum atomic E-state index is 0.520. The van der Waals surface area contributed by atoms with Gasteiger partial charge >= 0.3 is 0 Å². The Labute approximate surface area is 138 Å². The van der Waals surface area contributed by atoms with Crippen LogP contribution in [-0.2, 0) is 17.9 Å². The van der Waals surface area contributed by atoms with Crippen molar-refractivity contribution >= 4 is 0 Å². The van der Waals surface area contributed by atoms with E-state index in [1.54, 1.807) is 14.2 Å². The highest BCUT2D eigenvalue weighted by Gasteiger charge is 2.10. The monoisotopic (exact) mass is 315 g/mol. The summed E-state index contributed by atoms with van der Waals surface area (Å²) in [7, 11) is 3.36. The summed E-state index contributed by atoms with van der Waals surface area (Å²) in [5.74, 6) is 1.55. The van der Waals surface area contributed by atoms with Crippen LogP contribution in [0.2, 0.25) is 0 Å². The Bertz CT molecular complexity index is 596. The van der Waals surface area contributed by atoms with Crippen molar-refractivity contribution in [2.75, 3.05) is 27.4 Å². The third kappa shape index (κ3) is 5.27. The standard InChI is InChI=1S/C19H25NO3/c1-15-7-9-16(10-8-15)14-23-19-17(13-20-11-12-21-2)5-4-6-18(19)22-3/h4-10,20H,11-14H2,1-3H3. The van der Waals surface area contributed by atoms with Crippen LogP contribution in [0, 0.1) is 6.92 Å². The van der Waals surface area contributed by atoms with Gasteiger partial charge in [0.05, 0.1) is 13.7 Å². The van der Waals surface area contributed by atoms with Crippen LogP contribution in [0.1, 0.15) is 16.7 Å². The van der Waals surface area contributed by atoms with Crippen LogP contribution >= 0.6 is 0 Å². The van der Waals surface area contributed by atoms with E-state index in [1.807, 2.05) is 18.2 Å². The Morgan fingerprint density at radius 1 is 1.00 bits per heavy atom. The van der Waals surface area contributed by atoms with Gasteiger partial charge in [-0.2, -0.15) is 0 Å². The summed E-state index contributed by atoms with van der Waals surface area (Å²) in [5, 5.41) is 3.34. The quantitative estimate of drug-likeness (QED) is 0.721. The van der Waals surface area contributed by atoms with E-state index in [0.29, 0.717) is 19.8 Å². The fourth-order valence-corrected chi connectivity index (χ4v) is 2.26. The molecule has 0 bridgehead atoms. The molecule has 0 aromatic heterocycles. The van der Waals surface area contributed by atoms with Crippen molar-refractivity contribution in [3.63, 3.8) is 0 Å². The van der Waals surface area contributed by atoms with Crippen molar-refractivity contribution in [1.82, 2.24) is 5.32 Å². The van der Waals surface area contributed by atoms with Crippen LogP contribution in [0.4, 0.5) is 0 Å². The molecule has 0 aliphatic carbocycles. The van der Waals surface area contributed by atoms with Gasteiger partial charge in [-0.15, -0.1) is 0 Å². The Kier molecular flexibility index (Phi) is 6.91. The number of para-hydroxylation sites is 1. The summed E-state index contributed by atoms with van der Waals surface area (Å²) in [4.78, 5) is 0. The molecule has 0 radical (unpaired) electrons. The zero-order valence-corrected chi connectivity index (χ0v) is 14.1. The average molecular weight is 315 g/mol. The largest absolute Gasteiger partial charge is 0.493 e. The van der Waals surface area contributed by atoms with E-state index in [0.717, 1.165) is 29.2 Å². The van der Waals surface area contributed by atoms with Gasteiger partial charge in [0.1, 0.15) is 6.61 Å². The summed E-state index contributed by atoms with van der Waals surface area (Å²) >= 11 is 0. The third-order valence-corrected chi connectivity index (χ3v) is 3.58. The molecule has 0 heterocycles. The lowest BCUT2D eigenvalue weighted by atomic mass is 10.1. The van der Waals surface area contributed by atoms with Crippen molar-refractivity contribution in [2.45, 2.75) is 20.1 Å². The zero-order chi connectivity index (χ0) is 16.5. The van der Waals surface area contributed by atoms with E-state index < -0.39 is 0 Å². The number of benzene rings is 2. The molecule has 2 aromatic carbocycles. The minimum absolute atomic E-state index is 0.520. The van der Waals surface area contributed by atoms with Gasteiger partial charge in [-0.1, -0.05) is 42.0 Å². The molecule has 0 fully saturated rings. The smallest absolute Gasteiger partial charge is 0.166 e. The molecule has 1 N–H and O–H groups in total. The normalized spacial score (nSPS) is 10.6. The van der Waals surface area contributed by atoms with Gasteiger partial charge in [0.2, 0.25) is 0 Å². The molecule has 0 saturated carbocycles. The van der Waals surface area contributed by atoms with E-state index in [9.17, 15) is 0 Å². The fourth-order valence-electron chi connectivity index (χ4n) is 2.26. The van der Waals surface area contributed by atoms with Gasteiger partial charge in [0.25, 0.3) is 0 Å². The van der Waals surface area contributed by atoms with Crippen LogP contribution in [0.3, 0.4) is 0 Å². The second-order valence-corrected chi connectivity index (χ2v) is 5.39. The first-order chi connectivity index (χ1) is 11.2. The van der Waals surface area contributed by atoms with E-state index in [1.165, 1.54) is 5.56 Å². The number of rotatable bonds is 9. The fraction of sp³-hybridized carbons (Fsp3) is 0.368. The van der Waals surface area contributed by atoms with Crippen LogP contribution in [0.25, 0.3) is 0 Å². The van der Waals surface area contributed by atoms with Gasteiger partial charge < -0.3 is 19.5 Å². The van der Waals surface area contributed by atoms with Crippen LogP contribution in [-0.4, -0.2) is 27.4 Å². The molecule has 0 aliphatic heterocycles. The maximum absolute atomic E-state index is 6.05. The molecular weight excluding hydrogens is 290 g/mol. The maximum Gasteiger partial charge on any atom is 0.166 e. The molecule has 2 aromatic rings. The SMILES string of the molecule is COCCNCc1cccc(OC)c1OCc1ccc(C)cc1. The molecular formula is C19H25NO3. The molecule has 23 heavy (non-hydrogen) atoms. The van der Waals surface area contributed by atoms with Crippen molar-refractivity contribution < 1.29 is 14.2 Å². The molecule has 2 rings (SSSR count). The van der Waals surface area contributed by atoms with E-state index >= 15 is 0 Å². The minimum Gasteiger partial charge on any atom is -0.493 e. The number of methoxy groups -OCH3 is 2. The number of nitrogens with one attached hydrogen (secondary N) is 1. The lowest BCUT2D eigenvalue weighted by Crippen LogP contribution is -2.19. The molecule has 4 nitrogen and oxygen atoms in total. The molecule has 0 saturated heterocycles. The summed E-state index contributed by atoms with van der Waals surface area (Å²) in [5.41, 5.74) is 3.46. The summed E-state index contributed by atoms with van der Waals surface area (Å²) in [6.45, 7) is 4.79. The summed E-state index contributed by atoms with van der Waals surface area (Å²) < 4.78 is 16.5. The number of aryl methyl sites for hydroxylation is 1. The maximum atomic E-state index is 6.05. The predicted octanol–water partition coefficient (Wildman–Crippen LogP) is 3.32. The summed E-state index contributed by atoms with van der Waals surface area (Å²) in [6, 6.07) is 14.3. The van der Waals surface area contributed by atoms with E-state index in [2.05, 4.69) is 36.5 Å². The van der Waals surface area contributed by atoms with Crippen LogP contribution in [0.15, 0.2) is 42.5 Å². The van der Waals surface area contributed by atoms with Gasteiger partial charge in [-0.05, 0) is 18.6 Å². The van der Waals surface area contributed by atoms with Crippen molar-refractivity contribution in [3.05, 3.63) is 59.2 Å². The Balaban J connectivity index is 2.06. The second kappa shape index (κ2) is 9.18. The predicted molar refractivity (Wildman–Crippen MR) is 92.1 cm³/mol. The van der Waals surface area contributed by atoms with Crippen LogP contribution < -0.4 is 14.8 Å². The van der Waals surface area contributed by atoms with Crippen molar-refractivity contribution in [1.29, 1.82) is 0 Å². The molecule has 0 amide bonds. The van der Waals surface area contributed by atoms with Gasteiger partial charge in [0, 0.05) is 25.8 Å². The lowest BCUT2D eigenvalue weighted by molar-refractivity contribution is 0.199. The third-order valence-electron chi connectivity index (χ3n) is 3.58. The number of ether oxygens (including phenoxy) is 3. The Morgan fingerprint density at radius 3 is 2.48 bits per heavy atom. The Hall–Kier alpha value is -2.04. The number of hydrogen-bond acceptors (Lipinski definition) is 4. The first-order valence-electron chi connectivity index (χ1n) is 7.78. The first-order valence-corrected chi connectivity index (χ1v) is 7.78. The molecule has 0 unspecified atom stereocenters. The zero-order valence-electron chi connectivity index (χ0n) is 14.1. The van der Waals surface area contributed by atoms with Crippen molar-refractivity contribution in [2.24, 2.45) is 0 Å². The van der Waals surface area contributed by atoms with Gasteiger partial charge in [-0.3, -0.25) is 0 Å². The highest BCUT2D eigenvalue weighted by molar-refractivity contribution is 5.46. The van der Waals surface area contributed by atoms with E-state index in [4.69, 9.17) is 14.2 Å². The molecule has 0 aliphatic rings. The lowest BCUT2D eigenvalue weighted by Gasteiger charge is -2.15. The average Bonchev–Trinajstić information content (AvgIpc) is 2.58. The first kappa shape index (κ1) is 17.3. The van der Waals surface area contributed by atoms with Gasteiger partial charge in [0.15, 0.2) is 11.5 Å². The molecule has 0 atom stereocenters. The summed E-state index contributed by atoms with van der Waals surface area (Å²) in [6.07, 6.45) is 0. The van der Waals surface area contributed by atoms with Crippen molar-refractivity contribution in [3.8, 4) is 11.5 Å². The highest BCUT2D eigenvalue weighted by atomic mass is 16.5. The molecule has 124 valence electrons. The van der Waals surface area contributed by atoms with Crippen LogP contribution in [0.5, 0.6) is 11.5 Å². The molecule has 4 heteroatoms. The second-order valence-electron chi connectivity index (χ2n) is 5.39. The van der Waals surface area contributed by atoms with Gasteiger partial charge in [-0.25, -0.2) is 0 Å². The molecule has 0 spiro atoms.